The van der Waals surface area contributed by atoms with Crippen LogP contribution in [-0.4, -0.2) is 10.9 Å². The molecule has 1 aromatic rings. The van der Waals surface area contributed by atoms with Gasteiger partial charge in [-0.15, -0.1) is 0 Å². The van der Waals surface area contributed by atoms with E-state index >= 15 is 0 Å². The van der Waals surface area contributed by atoms with E-state index in [1.807, 2.05) is 0 Å². The molecule has 0 saturated heterocycles. The lowest BCUT2D eigenvalue weighted by molar-refractivity contribution is -0.135. The number of phosphoric acid groups is 1. The first-order valence-electron chi connectivity index (χ1n) is 7.33. The zero-order valence-electron chi connectivity index (χ0n) is 12.4. The van der Waals surface area contributed by atoms with Crippen molar-refractivity contribution in [3.63, 3.8) is 0 Å². The molecule has 0 aliphatic heterocycles. The Morgan fingerprint density at radius 3 is 2.38 bits per heavy atom. The average Bonchev–Trinajstić information content (AvgIpc) is 2.42. The van der Waals surface area contributed by atoms with Crippen LogP contribution in [0.1, 0.15) is 51.9 Å². The molecular weight excluding hydrogens is 291 g/mol. The Bertz CT molecular complexity index is 460. The topological polar surface area (TPSA) is 72.8 Å². The Hall–Kier alpha value is -1.32. The first kappa shape index (κ1) is 17.7. The first-order chi connectivity index (χ1) is 10.0. The highest BCUT2D eigenvalue weighted by Gasteiger charge is 2.27. The number of hydrogen-bond donors (Lipinski definition) is 1. The summed E-state index contributed by atoms with van der Waals surface area (Å²) in [6, 6.07) is 8.11. The van der Waals surface area contributed by atoms with Gasteiger partial charge in [0.05, 0.1) is 0 Å². The van der Waals surface area contributed by atoms with E-state index in [9.17, 15) is 14.3 Å². The van der Waals surface area contributed by atoms with E-state index < -0.39 is 13.8 Å². The third-order valence-electron chi connectivity index (χ3n) is 2.92. The van der Waals surface area contributed by atoms with Crippen LogP contribution in [0.25, 0.3) is 0 Å². The molecule has 0 heterocycles. The monoisotopic (exact) mass is 314 g/mol. The summed E-state index contributed by atoms with van der Waals surface area (Å²) in [5.41, 5.74) is 0. The zero-order chi connectivity index (χ0) is 15.6. The van der Waals surface area contributed by atoms with E-state index in [0.717, 1.165) is 19.3 Å². The number of para-hydroxylation sites is 1. The molecule has 0 aromatic heterocycles. The second-order valence-electron chi connectivity index (χ2n) is 4.85. The number of hydrogen-bond acceptors (Lipinski definition) is 4. The van der Waals surface area contributed by atoms with Gasteiger partial charge in [-0.05, 0) is 18.6 Å². The SMILES string of the molecule is CCCCCCCCC(=O)OP(=O)(O)Oc1ccccc1. The van der Waals surface area contributed by atoms with Crippen molar-refractivity contribution in [3.05, 3.63) is 30.3 Å². The van der Waals surface area contributed by atoms with Crippen molar-refractivity contribution in [2.45, 2.75) is 51.9 Å². The van der Waals surface area contributed by atoms with E-state index in [4.69, 9.17) is 4.52 Å². The minimum atomic E-state index is -4.39. The van der Waals surface area contributed by atoms with Crippen molar-refractivity contribution in [3.8, 4) is 5.75 Å². The molecule has 6 heteroatoms. The van der Waals surface area contributed by atoms with Gasteiger partial charge in [-0.3, -0.25) is 9.69 Å². The van der Waals surface area contributed by atoms with Crippen LogP contribution in [-0.2, 0) is 13.9 Å². The fraction of sp³-hybridized carbons (Fsp3) is 0.533. The highest BCUT2D eigenvalue weighted by atomic mass is 31.2. The molecule has 1 unspecified atom stereocenters. The molecule has 1 aromatic carbocycles. The Morgan fingerprint density at radius 2 is 1.71 bits per heavy atom. The number of rotatable bonds is 10. The first-order valence-corrected chi connectivity index (χ1v) is 8.83. The molecule has 1 N–H and O–H groups in total. The molecule has 0 aliphatic rings. The van der Waals surface area contributed by atoms with Gasteiger partial charge in [0.2, 0.25) is 0 Å². The molecule has 0 radical (unpaired) electrons. The molecule has 0 spiro atoms. The van der Waals surface area contributed by atoms with Gasteiger partial charge in [-0.2, -0.15) is 0 Å². The van der Waals surface area contributed by atoms with Crippen molar-refractivity contribution < 1.29 is 23.3 Å². The quantitative estimate of drug-likeness (QED) is 0.510. The molecule has 1 atom stereocenters. The summed E-state index contributed by atoms with van der Waals surface area (Å²) in [5.74, 6) is -0.511. The predicted molar refractivity (Wildman–Crippen MR) is 81.0 cm³/mol. The summed E-state index contributed by atoms with van der Waals surface area (Å²) >= 11 is 0. The third-order valence-corrected chi connectivity index (χ3v) is 3.79. The summed E-state index contributed by atoms with van der Waals surface area (Å²) < 4.78 is 21.0. The van der Waals surface area contributed by atoms with Crippen molar-refractivity contribution in [1.29, 1.82) is 0 Å². The normalized spacial score (nSPS) is 13.4. The Balaban J connectivity index is 2.24. The van der Waals surface area contributed by atoms with E-state index in [-0.39, 0.29) is 12.2 Å². The standard InChI is InChI=1S/C15H23O5P/c1-2-3-4-5-6-10-13-15(16)20-21(17,18)19-14-11-8-7-9-12-14/h7-9,11-12H,2-6,10,13H2,1H3,(H,17,18). The largest absolute Gasteiger partial charge is 0.587 e. The van der Waals surface area contributed by atoms with Crippen LogP contribution in [0.4, 0.5) is 0 Å². The molecule has 118 valence electrons. The highest BCUT2D eigenvalue weighted by molar-refractivity contribution is 7.48. The van der Waals surface area contributed by atoms with Crippen LogP contribution in [0, 0.1) is 0 Å². The molecule has 1 rings (SSSR count). The molecule has 0 bridgehead atoms. The summed E-state index contributed by atoms with van der Waals surface area (Å²) in [6.45, 7) is 2.14. The van der Waals surface area contributed by atoms with Crippen LogP contribution >= 0.6 is 7.82 Å². The van der Waals surface area contributed by atoms with Crippen LogP contribution in [0.2, 0.25) is 0 Å². The van der Waals surface area contributed by atoms with E-state index in [1.165, 1.54) is 25.0 Å². The van der Waals surface area contributed by atoms with E-state index in [1.54, 1.807) is 18.2 Å². The molecule has 0 aliphatic carbocycles. The second kappa shape index (κ2) is 9.59. The van der Waals surface area contributed by atoms with Crippen LogP contribution in [0.5, 0.6) is 5.75 Å². The molecule has 0 amide bonds. The average molecular weight is 314 g/mol. The molecule has 21 heavy (non-hydrogen) atoms. The van der Waals surface area contributed by atoms with Crippen molar-refractivity contribution in [2.24, 2.45) is 0 Å². The number of unbranched alkanes of at least 4 members (excludes halogenated alkanes) is 5. The van der Waals surface area contributed by atoms with Crippen LogP contribution in [0.15, 0.2) is 30.3 Å². The minimum absolute atomic E-state index is 0.134. The lowest BCUT2D eigenvalue weighted by atomic mass is 10.1. The van der Waals surface area contributed by atoms with Crippen LogP contribution < -0.4 is 4.52 Å². The maximum Gasteiger partial charge on any atom is 0.587 e. The molecule has 0 saturated carbocycles. The van der Waals surface area contributed by atoms with Crippen LogP contribution in [0.3, 0.4) is 0 Å². The summed E-state index contributed by atoms with van der Waals surface area (Å²) in [5, 5.41) is 0. The third kappa shape index (κ3) is 8.53. The fourth-order valence-electron chi connectivity index (χ4n) is 1.86. The van der Waals surface area contributed by atoms with Gasteiger partial charge in [0.1, 0.15) is 5.75 Å². The van der Waals surface area contributed by atoms with Crippen molar-refractivity contribution in [1.82, 2.24) is 0 Å². The number of phosphoric ester groups is 1. The second-order valence-corrected chi connectivity index (χ2v) is 6.16. The summed E-state index contributed by atoms with van der Waals surface area (Å²) in [4.78, 5) is 21.0. The predicted octanol–water partition coefficient (Wildman–Crippen LogP) is 4.46. The smallest absolute Gasteiger partial charge is 0.395 e. The molecule has 0 fully saturated rings. The van der Waals surface area contributed by atoms with E-state index in [2.05, 4.69) is 11.4 Å². The summed E-state index contributed by atoms with van der Waals surface area (Å²) in [6.07, 6.45) is 6.31. The van der Waals surface area contributed by atoms with Crippen molar-refractivity contribution >= 4 is 13.8 Å². The number of carbonyl (C=O) groups is 1. The van der Waals surface area contributed by atoms with Gasteiger partial charge < -0.3 is 9.05 Å². The Labute approximate surface area is 125 Å². The lowest BCUT2D eigenvalue weighted by Crippen LogP contribution is -2.05. The number of carbonyl (C=O) groups excluding carboxylic acids is 1. The Kier molecular flexibility index (Phi) is 8.09. The van der Waals surface area contributed by atoms with Gasteiger partial charge in [-0.25, -0.2) is 4.57 Å². The van der Waals surface area contributed by atoms with E-state index in [0.29, 0.717) is 6.42 Å². The summed E-state index contributed by atoms with van der Waals surface area (Å²) in [7, 11) is -4.39. The maximum atomic E-state index is 11.7. The van der Waals surface area contributed by atoms with Gasteiger partial charge >= 0.3 is 13.8 Å². The molecular formula is C15H23O5P. The van der Waals surface area contributed by atoms with Crippen molar-refractivity contribution in [2.75, 3.05) is 0 Å². The lowest BCUT2D eigenvalue weighted by Gasteiger charge is -2.12. The van der Waals surface area contributed by atoms with Gasteiger partial charge in [-0.1, -0.05) is 57.2 Å². The molecule has 5 nitrogen and oxygen atoms in total. The maximum absolute atomic E-state index is 11.7. The minimum Gasteiger partial charge on any atom is -0.395 e. The van der Waals surface area contributed by atoms with Gasteiger partial charge in [0.15, 0.2) is 0 Å². The van der Waals surface area contributed by atoms with Gasteiger partial charge in [0.25, 0.3) is 0 Å². The highest BCUT2D eigenvalue weighted by Crippen LogP contribution is 2.44. The Morgan fingerprint density at radius 1 is 1.10 bits per heavy atom. The fourth-order valence-corrected chi connectivity index (χ4v) is 2.63. The number of benzene rings is 1. The zero-order valence-corrected chi connectivity index (χ0v) is 13.3. The van der Waals surface area contributed by atoms with Gasteiger partial charge in [0, 0.05) is 6.42 Å².